The lowest BCUT2D eigenvalue weighted by Crippen LogP contribution is -2.30. The summed E-state index contributed by atoms with van der Waals surface area (Å²) in [4.78, 5) is 27.3. The van der Waals surface area contributed by atoms with Gasteiger partial charge in [0.1, 0.15) is 11.9 Å². The Balaban J connectivity index is 3.02. The number of rotatable bonds is 5. The lowest BCUT2D eigenvalue weighted by atomic mass is 10.1. The highest BCUT2D eigenvalue weighted by Crippen LogP contribution is 2.34. The molecule has 0 aliphatic heterocycles. The van der Waals surface area contributed by atoms with Gasteiger partial charge in [0.25, 0.3) is 0 Å². The number of halogens is 1. The van der Waals surface area contributed by atoms with E-state index in [1.807, 2.05) is 0 Å². The maximum absolute atomic E-state index is 11.4. The molecule has 104 valence electrons. The van der Waals surface area contributed by atoms with Gasteiger partial charge in [0.2, 0.25) is 0 Å². The third kappa shape index (κ3) is 3.63. The number of nitro groups is 1. The summed E-state index contributed by atoms with van der Waals surface area (Å²) in [5.41, 5.74) is 0.268. The Morgan fingerprint density at radius 1 is 1.63 bits per heavy atom. The Bertz CT molecular complexity index is 495. The van der Waals surface area contributed by atoms with Crippen molar-refractivity contribution in [2.75, 3.05) is 25.6 Å². The Labute approximate surface area is 118 Å². The molecular weight excluding hydrogens is 318 g/mol. The van der Waals surface area contributed by atoms with Crippen LogP contribution >= 0.6 is 15.9 Å². The van der Waals surface area contributed by atoms with Crippen LogP contribution in [0.2, 0.25) is 0 Å². The smallest absolute Gasteiger partial charge is 0.311 e. The lowest BCUT2D eigenvalue weighted by molar-refractivity contribution is -0.384. The van der Waals surface area contributed by atoms with Crippen molar-refractivity contribution >= 4 is 33.3 Å². The van der Waals surface area contributed by atoms with Crippen LogP contribution in [0.15, 0.2) is 16.9 Å². The van der Waals surface area contributed by atoms with E-state index in [-0.39, 0.29) is 11.7 Å². The molecule has 7 nitrogen and oxygen atoms in total. The standard InChI is InChI=1S/C11H14BrN3O4/c1-7(11(16)19-3)6-14(2)10-8(12)4-13-5-9(10)15(17)18/h4-5,7H,6H2,1-3H3/t7-/m1/s1. The van der Waals surface area contributed by atoms with Crippen molar-refractivity contribution in [1.82, 2.24) is 4.98 Å². The third-order valence-corrected chi connectivity index (χ3v) is 3.16. The maximum atomic E-state index is 11.4. The molecule has 0 saturated carbocycles. The number of carbonyl (C=O) groups excluding carboxylic acids is 1. The van der Waals surface area contributed by atoms with Crippen LogP contribution < -0.4 is 4.90 Å². The molecule has 1 heterocycles. The molecule has 0 aliphatic rings. The van der Waals surface area contributed by atoms with E-state index in [1.54, 1.807) is 18.9 Å². The molecule has 0 fully saturated rings. The molecule has 0 saturated heterocycles. The van der Waals surface area contributed by atoms with Crippen LogP contribution in [-0.4, -0.2) is 36.6 Å². The van der Waals surface area contributed by atoms with Gasteiger partial charge in [-0.25, -0.2) is 0 Å². The molecule has 1 aromatic rings. The fourth-order valence-electron chi connectivity index (χ4n) is 1.71. The number of nitrogens with zero attached hydrogens (tertiary/aromatic N) is 3. The zero-order valence-electron chi connectivity index (χ0n) is 10.8. The second-order valence-electron chi connectivity index (χ2n) is 4.05. The molecule has 1 rings (SSSR count). The van der Waals surface area contributed by atoms with E-state index in [4.69, 9.17) is 0 Å². The second kappa shape index (κ2) is 6.46. The predicted molar refractivity (Wildman–Crippen MR) is 73.0 cm³/mol. The highest BCUT2D eigenvalue weighted by Gasteiger charge is 2.24. The van der Waals surface area contributed by atoms with Crippen molar-refractivity contribution < 1.29 is 14.5 Å². The quantitative estimate of drug-likeness (QED) is 0.466. The molecule has 8 heteroatoms. The minimum Gasteiger partial charge on any atom is -0.469 e. The van der Waals surface area contributed by atoms with E-state index in [9.17, 15) is 14.9 Å². The van der Waals surface area contributed by atoms with E-state index in [0.717, 1.165) is 0 Å². The summed E-state index contributed by atoms with van der Waals surface area (Å²) in [5, 5.41) is 11.0. The molecule has 0 spiro atoms. The van der Waals surface area contributed by atoms with Crippen LogP contribution in [0, 0.1) is 16.0 Å². The van der Waals surface area contributed by atoms with E-state index in [0.29, 0.717) is 16.7 Å². The molecule has 0 radical (unpaired) electrons. The summed E-state index contributed by atoms with van der Waals surface area (Å²) in [6, 6.07) is 0. The average molecular weight is 332 g/mol. The van der Waals surface area contributed by atoms with Gasteiger partial charge in [-0.05, 0) is 15.9 Å². The average Bonchev–Trinajstić information content (AvgIpc) is 2.36. The number of methoxy groups -OCH3 is 1. The number of carbonyl (C=O) groups is 1. The lowest BCUT2D eigenvalue weighted by Gasteiger charge is -2.22. The van der Waals surface area contributed by atoms with Crippen molar-refractivity contribution in [3.63, 3.8) is 0 Å². The summed E-state index contributed by atoms with van der Waals surface area (Å²) in [6.45, 7) is 2.00. The molecule has 0 aromatic carbocycles. The number of hydrogen-bond acceptors (Lipinski definition) is 6. The van der Waals surface area contributed by atoms with E-state index >= 15 is 0 Å². The first-order chi connectivity index (χ1) is 8.88. The van der Waals surface area contributed by atoms with Gasteiger partial charge in [-0.2, -0.15) is 0 Å². The van der Waals surface area contributed by atoms with E-state index in [2.05, 4.69) is 25.7 Å². The summed E-state index contributed by atoms with van der Waals surface area (Å²) in [5.74, 6) is -0.755. The van der Waals surface area contributed by atoms with Crippen molar-refractivity contribution in [3.05, 3.63) is 27.0 Å². The molecule has 0 bridgehead atoms. The molecule has 1 aromatic heterocycles. The Hall–Kier alpha value is -1.70. The molecule has 0 N–H and O–H groups in total. The van der Waals surface area contributed by atoms with Crippen LogP contribution in [-0.2, 0) is 9.53 Å². The largest absolute Gasteiger partial charge is 0.469 e. The predicted octanol–water partition coefficient (Wildman–Crippen LogP) is 2.00. The first-order valence-corrected chi connectivity index (χ1v) is 6.24. The van der Waals surface area contributed by atoms with Crippen molar-refractivity contribution in [2.24, 2.45) is 5.92 Å². The highest BCUT2D eigenvalue weighted by atomic mass is 79.9. The Kier molecular flexibility index (Phi) is 5.22. The van der Waals surface area contributed by atoms with Crippen LogP contribution in [0.5, 0.6) is 0 Å². The van der Waals surface area contributed by atoms with Gasteiger partial charge in [0.05, 0.1) is 22.4 Å². The minimum absolute atomic E-state index is 0.117. The maximum Gasteiger partial charge on any atom is 0.311 e. The van der Waals surface area contributed by atoms with Crippen molar-refractivity contribution in [2.45, 2.75) is 6.92 Å². The Morgan fingerprint density at radius 3 is 2.79 bits per heavy atom. The number of aromatic nitrogens is 1. The first kappa shape index (κ1) is 15.4. The van der Waals surface area contributed by atoms with E-state index < -0.39 is 10.8 Å². The SMILES string of the molecule is COC(=O)[C@H](C)CN(C)c1c(Br)cncc1[N+](=O)[O-]. The summed E-state index contributed by atoms with van der Waals surface area (Å²) >= 11 is 3.24. The van der Waals surface area contributed by atoms with Gasteiger partial charge < -0.3 is 9.64 Å². The van der Waals surface area contributed by atoms with Crippen LogP contribution in [0.4, 0.5) is 11.4 Å². The number of hydrogen-bond donors (Lipinski definition) is 0. The molecule has 0 amide bonds. The fraction of sp³-hybridized carbons (Fsp3) is 0.455. The first-order valence-electron chi connectivity index (χ1n) is 5.45. The molecule has 1 atom stereocenters. The fourth-order valence-corrected chi connectivity index (χ4v) is 2.33. The monoisotopic (exact) mass is 331 g/mol. The molecule has 0 unspecified atom stereocenters. The number of esters is 1. The molecular formula is C11H14BrN3O4. The topological polar surface area (TPSA) is 85.6 Å². The Morgan fingerprint density at radius 2 is 2.26 bits per heavy atom. The van der Waals surface area contributed by atoms with Crippen LogP contribution in [0.25, 0.3) is 0 Å². The zero-order valence-corrected chi connectivity index (χ0v) is 12.4. The highest BCUT2D eigenvalue weighted by molar-refractivity contribution is 9.10. The minimum atomic E-state index is -0.508. The van der Waals surface area contributed by atoms with Crippen molar-refractivity contribution in [1.29, 1.82) is 0 Å². The number of pyridine rings is 1. The normalized spacial score (nSPS) is 11.8. The van der Waals surface area contributed by atoms with E-state index in [1.165, 1.54) is 19.5 Å². The number of ether oxygens (including phenoxy) is 1. The molecule has 0 aliphatic carbocycles. The van der Waals surface area contributed by atoms with Gasteiger partial charge in [0, 0.05) is 19.8 Å². The van der Waals surface area contributed by atoms with Gasteiger partial charge in [0.15, 0.2) is 0 Å². The van der Waals surface area contributed by atoms with Crippen LogP contribution in [0.1, 0.15) is 6.92 Å². The molecule has 19 heavy (non-hydrogen) atoms. The third-order valence-electron chi connectivity index (χ3n) is 2.58. The zero-order chi connectivity index (χ0) is 14.6. The second-order valence-corrected chi connectivity index (χ2v) is 4.91. The summed E-state index contributed by atoms with van der Waals surface area (Å²) in [7, 11) is 2.98. The summed E-state index contributed by atoms with van der Waals surface area (Å²) < 4.78 is 5.13. The van der Waals surface area contributed by atoms with Crippen LogP contribution in [0.3, 0.4) is 0 Å². The van der Waals surface area contributed by atoms with Gasteiger partial charge in [-0.1, -0.05) is 6.92 Å². The number of anilines is 1. The van der Waals surface area contributed by atoms with Gasteiger partial charge in [-0.15, -0.1) is 0 Å². The van der Waals surface area contributed by atoms with Gasteiger partial charge in [-0.3, -0.25) is 19.9 Å². The van der Waals surface area contributed by atoms with Crippen molar-refractivity contribution in [3.8, 4) is 0 Å². The summed E-state index contributed by atoms with van der Waals surface area (Å²) in [6.07, 6.45) is 2.65. The van der Waals surface area contributed by atoms with Gasteiger partial charge >= 0.3 is 11.7 Å².